The number of hydrogen-bond donors (Lipinski definition) is 4. The van der Waals surface area contributed by atoms with E-state index in [0.29, 0.717) is 17.6 Å². The van der Waals surface area contributed by atoms with Gasteiger partial charge in [0.05, 0.1) is 12.9 Å². The number of nitrogens with two attached hydrogens (primary N) is 1. The van der Waals surface area contributed by atoms with Crippen LogP contribution < -0.4 is 5.73 Å². The van der Waals surface area contributed by atoms with E-state index in [1.807, 2.05) is 6.92 Å². The maximum Gasteiger partial charge on any atom is 0.176 e. The minimum absolute atomic E-state index is 0.228. The quantitative estimate of drug-likeness (QED) is 0.570. The average Bonchev–Trinajstić information content (AvgIpc) is 3.09. The van der Waals surface area contributed by atoms with E-state index in [-0.39, 0.29) is 5.82 Å². The molecule has 0 bridgehead atoms. The van der Waals surface area contributed by atoms with Crippen molar-refractivity contribution in [3.8, 4) is 0 Å². The van der Waals surface area contributed by atoms with E-state index in [1.54, 1.807) is 4.57 Å². The van der Waals surface area contributed by atoms with Crippen LogP contribution in [0.2, 0.25) is 0 Å². The van der Waals surface area contributed by atoms with Crippen molar-refractivity contribution in [1.29, 1.82) is 0 Å². The van der Waals surface area contributed by atoms with Crippen LogP contribution in [0.5, 0.6) is 0 Å². The summed E-state index contributed by atoms with van der Waals surface area (Å²) in [6, 6.07) is 0. The predicted octanol–water partition coefficient (Wildman–Crippen LogP) is -0.636. The van der Waals surface area contributed by atoms with Gasteiger partial charge in [0.1, 0.15) is 30.2 Å². The van der Waals surface area contributed by atoms with Gasteiger partial charge in [-0.15, -0.1) is 0 Å². The molecule has 4 atom stereocenters. The van der Waals surface area contributed by atoms with Crippen molar-refractivity contribution < 1.29 is 20.1 Å². The maximum atomic E-state index is 10.6. The van der Waals surface area contributed by atoms with Gasteiger partial charge in [-0.1, -0.05) is 13.3 Å². The van der Waals surface area contributed by atoms with Crippen LogP contribution in [0.4, 0.5) is 5.82 Å². The van der Waals surface area contributed by atoms with E-state index in [0.717, 1.165) is 12.8 Å². The number of anilines is 1. The molecule has 1 fully saturated rings. The van der Waals surface area contributed by atoms with E-state index in [2.05, 4.69) is 15.0 Å². The second-order valence-electron chi connectivity index (χ2n) is 5.77. The van der Waals surface area contributed by atoms with Gasteiger partial charge in [-0.25, -0.2) is 15.0 Å². The molecule has 1 aliphatic rings. The molecule has 3 heterocycles. The van der Waals surface area contributed by atoms with E-state index in [1.165, 1.54) is 12.7 Å². The van der Waals surface area contributed by atoms with Crippen molar-refractivity contribution in [2.45, 2.75) is 50.2 Å². The number of hydrogen-bond acceptors (Lipinski definition) is 8. The summed E-state index contributed by atoms with van der Waals surface area (Å²) in [7, 11) is 0. The molecule has 1 saturated heterocycles. The van der Waals surface area contributed by atoms with E-state index in [4.69, 9.17) is 10.5 Å². The molecule has 0 amide bonds. The van der Waals surface area contributed by atoms with E-state index < -0.39 is 30.6 Å². The molecule has 5 N–H and O–H groups in total. The molecule has 0 aliphatic carbocycles. The molecular weight excluding hydrogens is 302 g/mol. The molecule has 0 radical (unpaired) electrons. The third-order valence-corrected chi connectivity index (χ3v) is 4.36. The van der Waals surface area contributed by atoms with Crippen LogP contribution in [0.1, 0.15) is 26.2 Å². The smallest absolute Gasteiger partial charge is 0.176 e. The first-order chi connectivity index (χ1) is 11.0. The first kappa shape index (κ1) is 16.1. The van der Waals surface area contributed by atoms with Gasteiger partial charge < -0.3 is 25.8 Å². The maximum absolute atomic E-state index is 10.6. The molecule has 2 aromatic heterocycles. The van der Waals surface area contributed by atoms with Crippen molar-refractivity contribution in [2.24, 2.45) is 0 Å². The number of unbranched alkanes of at least 4 members (excludes halogenated alkanes) is 1. The van der Waals surface area contributed by atoms with Crippen LogP contribution in [0.3, 0.4) is 0 Å². The third-order valence-electron chi connectivity index (χ3n) is 4.36. The molecule has 9 nitrogen and oxygen atoms in total. The summed E-state index contributed by atoms with van der Waals surface area (Å²) in [6.07, 6.45) is 1.55. The predicted molar refractivity (Wildman–Crippen MR) is 81.2 cm³/mol. The molecule has 0 aromatic carbocycles. The van der Waals surface area contributed by atoms with Crippen molar-refractivity contribution >= 4 is 17.0 Å². The Balaban J connectivity index is 2.14. The third kappa shape index (κ3) is 2.36. The lowest BCUT2D eigenvalue weighted by Crippen LogP contribution is -2.45. The van der Waals surface area contributed by atoms with E-state index >= 15 is 0 Å². The molecule has 9 heteroatoms. The first-order valence-corrected chi connectivity index (χ1v) is 7.64. The Hall–Kier alpha value is -1.81. The van der Waals surface area contributed by atoms with Gasteiger partial charge in [0.15, 0.2) is 17.2 Å². The standard InChI is InChI=1S/C14H21N5O4/c1-2-3-4-14(11(22)10(21)8(5-20)23-14)19-7-18-9-12(15)16-6-17-13(9)19/h6-8,10-11,20-22H,2-5H2,1H3,(H2,15,16,17)/t8-,10-,11-,14-/m1/s1. The Labute approximate surface area is 132 Å². The van der Waals surface area contributed by atoms with Gasteiger partial charge >= 0.3 is 0 Å². The fourth-order valence-electron chi connectivity index (χ4n) is 3.10. The molecule has 23 heavy (non-hydrogen) atoms. The molecule has 0 unspecified atom stereocenters. The number of aliphatic hydroxyl groups excluding tert-OH is 3. The van der Waals surface area contributed by atoms with Crippen molar-refractivity contribution in [1.82, 2.24) is 19.5 Å². The monoisotopic (exact) mass is 323 g/mol. The Kier molecular flexibility index (Phi) is 4.19. The second-order valence-corrected chi connectivity index (χ2v) is 5.77. The largest absolute Gasteiger partial charge is 0.394 e. The zero-order chi connectivity index (χ0) is 16.6. The fourth-order valence-corrected chi connectivity index (χ4v) is 3.10. The fraction of sp³-hybridized carbons (Fsp3) is 0.643. The molecule has 0 spiro atoms. The first-order valence-electron chi connectivity index (χ1n) is 7.64. The van der Waals surface area contributed by atoms with Crippen LogP contribution in [0, 0.1) is 0 Å². The Morgan fingerprint density at radius 3 is 2.78 bits per heavy atom. The number of fused-ring (bicyclic) bond motifs is 1. The summed E-state index contributed by atoms with van der Waals surface area (Å²) in [5, 5.41) is 30.2. The number of nitrogens with zero attached hydrogens (tertiary/aromatic N) is 4. The lowest BCUT2D eigenvalue weighted by molar-refractivity contribution is -0.151. The minimum Gasteiger partial charge on any atom is -0.394 e. The topological polar surface area (TPSA) is 140 Å². The van der Waals surface area contributed by atoms with Gasteiger partial charge in [0.2, 0.25) is 0 Å². The summed E-state index contributed by atoms with van der Waals surface area (Å²) in [5.74, 6) is 0.228. The zero-order valence-corrected chi connectivity index (χ0v) is 12.8. The van der Waals surface area contributed by atoms with Crippen LogP contribution in [0.25, 0.3) is 11.2 Å². The molecule has 0 saturated carbocycles. The number of aliphatic hydroxyl groups is 3. The average molecular weight is 323 g/mol. The minimum atomic E-state index is -1.25. The lowest BCUT2D eigenvalue weighted by atomic mass is 9.96. The van der Waals surface area contributed by atoms with E-state index in [9.17, 15) is 15.3 Å². The molecule has 3 rings (SSSR count). The number of imidazole rings is 1. The molecule has 2 aromatic rings. The van der Waals surface area contributed by atoms with Gasteiger partial charge in [0.25, 0.3) is 0 Å². The van der Waals surface area contributed by atoms with Crippen LogP contribution >= 0.6 is 0 Å². The highest BCUT2D eigenvalue weighted by Gasteiger charge is 2.55. The van der Waals surface area contributed by atoms with Gasteiger partial charge in [-0.3, -0.25) is 4.57 Å². The number of aromatic nitrogens is 4. The second kappa shape index (κ2) is 6.00. The Bertz CT molecular complexity index is 693. The van der Waals surface area contributed by atoms with Crippen molar-refractivity contribution in [3.05, 3.63) is 12.7 Å². The molecular formula is C14H21N5O4. The summed E-state index contributed by atoms with van der Waals surface area (Å²) < 4.78 is 7.47. The van der Waals surface area contributed by atoms with Crippen LogP contribution in [0.15, 0.2) is 12.7 Å². The molecule has 126 valence electrons. The van der Waals surface area contributed by atoms with Gasteiger partial charge in [-0.2, -0.15) is 0 Å². The normalized spacial score (nSPS) is 31.0. The number of rotatable bonds is 5. The Morgan fingerprint density at radius 2 is 2.13 bits per heavy atom. The Morgan fingerprint density at radius 1 is 1.35 bits per heavy atom. The van der Waals surface area contributed by atoms with Crippen molar-refractivity contribution in [3.63, 3.8) is 0 Å². The summed E-state index contributed by atoms with van der Waals surface area (Å²) in [6.45, 7) is 1.62. The van der Waals surface area contributed by atoms with Crippen molar-refractivity contribution in [2.75, 3.05) is 12.3 Å². The highest BCUT2D eigenvalue weighted by Crippen LogP contribution is 2.41. The highest BCUT2D eigenvalue weighted by atomic mass is 16.6. The lowest BCUT2D eigenvalue weighted by Gasteiger charge is -2.33. The SMILES string of the molecule is CCCC[C@@]1(n2cnc3c(N)ncnc32)O[C@H](CO)[C@@H](O)[C@H]1O. The van der Waals surface area contributed by atoms with Gasteiger partial charge in [0, 0.05) is 0 Å². The van der Waals surface area contributed by atoms with Crippen LogP contribution in [-0.4, -0.2) is 59.8 Å². The number of ether oxygens (including phenoxy) is 1. The molecule has 1 aliphatic heterocycles. The van der Waals surface area contributed by atoms with Gasteiger partial charge in [-0.05, 0) is 12.8 Å². The summed E-state index contributed by atoms with van der Waals surface area (Å²) >= 11 is 0. The summed E-state index contributed by atoms with van der Waals surface area (Å²) in [5.41, 5.74) is 5.37. The number of nitrogen functional groups attached to an aromatic ring is 1. The highest BCUT2D eigenvalue weighted by molar-refractivity contribution is 5.81. The summed E-state index contributed by atoms with van der Waals surface area (Å²) in [4.78, 5) is 12.3. The zero-order valence-electron chi connectivity index (χ0n) is 12.8. The van der Waals surface area contributed by atoms with Crippen LogP contribution in [-0.2, 0) is 10.5 Å².